The number of terminal acetylenes is 1. The minimum absolute atomic E-state index is 0.00345. The van der Waals surface area contributed by atoms with Crippen LogP contribution >= 0.6 is 11.3 Å². The van der Waals surface area contributed by atoms with Crippen LogP contribution in [0, 0.1) is 24.0 Å². The summed E-state index contributed by atoms with van der Waals surface area (Å²) in [5, 5.41) is 10.0. The number of carbonyl (C=O) groups excluding carboxylic acids is 1. The van der Waals surface area contributed by atoms with Crippen molar-refractivity contribution in [2.24, 2.45) is 5.16 Å². The Kier molecular flexibility index (Phi) is 8.72. The standard InChI is InChI=1S/C27H23F6N5O3S/c1-2-7-40-15-8-16(28)24(17(29)9-15)22-11-18(36-41-22)20-13-42-27(34-20)14-3-5-37(6-4-14)23(39)12-38-21(26(32)33)10-19(35-38)25(30)31/h1,8-10,13-14,22,25-26H,3-7,11-12H2. The van der Waals surface area contributed by atoms with E-state index in [2.05, 4.69) is 21.2 Å². The molecule has 1 atom stereocenters. The Labute approximate surface area is 239 Å². The average Bonchev–Trinajstić information content (AvgIpc) is 3.72. The van der Waals surface area contributed by atoms with Gasteiger partial charge in [-0.25, -0.2) is 31.3 Å². The van der Waals surface area contributed by atoms with Crippen molar-refractivity contribution >= 4 is 23.0 Å². The highest BCUT2D eigenvalue weighted by molar-refractivity contribution is 7.10. The molecule has 5 rings (SSSR count). The van der Waals surface area contributed by atoms with E-state index in [0.29, 0.717) is 48.1 Å². The van der Waals surface area contributed by atoms with Crippen LogP contribution < -0.4 is 4.74 Å². The van der Waals surface area contributed by atoms with Gasteiger partial charge in [0.25, 0.3) is 12.9 Å². The van der Waals surface area contributed by atoms with E-state index in [1.165, 1.54) is 16.2 Å². The highest BCUT2D eigenvalue weighted by Gasteiger charge is 2.32. The van der Waals surface area contributed by atoms with Gasteiger partial charge in [0.2, 0.25) is 5.91 Å². The van der Waals surface area contributed by atoms with Crippen LogP contribution in [0.3, 0.4) is 0 Å². The Balaban J connectivity index is 1.17. The van der Waals surface area contributed by atoms with E-state index in [4.69, 9.17) is 16.0 Å². The summed E-state index contributed by atoms with van der Waals surface area (Å²) in [7, 11) is 0. The van der Waals surface area contributed by atoms with Crippen LogP contribution in [-0.2, 0) is 16.2 Å². The Morgan fingerprint density at radius 2 is 1.86 bits per heavy atom. The molecule has 0 aliphatic carbocycles. The molecule has 3 aromatic rings. The molecule has 2 aliphatic heterocycles. The second-order valence-electron chi connectivity index (χ2n) is 9.61. The van der Waals surface area contributed by atoms with Gasteiger partial charge in [-0.15, -0.1) is 17.8 Å². The summed E-state index contributed by atoms with van der Waals surface area (Å²) in [5.74, 6) is -0.0203. The molecule has 42 heavy (non-hydrogen) atoms. The van der Waals surface area contributed by atoms with Crippen LogP contribution in [0.25, 0.3) is 0 Å². The maximum Gasteiger partial charge on any atom is 0.282 e. The molecule has 1 amide bonds. The van der Waals surface area contributed by atoms with Crippen LogP contribution in [0.2, 0.25) is 0 Å². The molecular formula is C27H23F6N5O3S. The molecule has 8 nitrogen and oxygen atoms in total. The molecule has 0 saturated carbocycles. The first-order valence-electron chi connectivity index (χ1n) is 12.8. The zero-order chi connectivity index (χ0) is 30.0. The van der Waals surface area contributed by atoms with Crippen LogP contribution in [0.5, 0.6) is 5.75 Å². The van der Waals surface area contributed by atoms with Crippen molar-refractivity contribution in [3.63, 3.8) is 0 Å². The summed E-state index contributed by atoms with van der Waals surface area (Å²) in [6.45, 7) is -0.0692. The van der Waals surface area contributed by atoms with Crippen molar-refractivity contribution in [3.05, 3.63) is 62.9 Å². The maximum absolute atomic E-state index is 14.7. The Bertz CT molecular complexity index is 1500. The van der Waals surface area contributed by atoms with E-state index in [9.17, 15) is 31.1 Å². The van der Waals surface area contributed by atoms with E-state index < -0.39 is 54.4 Å². The largest absolute Gasteiger partial charge is 0.481 e. The number of rotatable bonds is 9. The molecule has 2 aromatic heterocycles. The molecule has 0 radical (unpaired) electrons. The van der Waals surface area contributed by atoms with Gasteiger partial charge in [-0.1, -0.05) is 11.1 Å². The number of thiazole rings is 1. The number of oxime groups is 1. The van der Waals surface area contributed by atoms with Crippen LogP contribution in [0.4, 0.5) is 26.3 Å². The number of likely N-dealkylation sites (tertiary alicyclic amines) is 1. The number of aromatic nitrogens is 3. The minimum Gasteiger partial charge on any atom is -0.481 e. The van der Waals surface area contributed by atoms with Gasteiger partial charge in [0.1, 0.15) is 47.6 Å². The molecule has 1 fully saturated rings. The number of alkyl halides is 4. The third-order valence-electron chi connectivity index (χ3n) is 6.94. The normalized spacial score (nSPS) is 17.5. The van der Waals surface area contributed by atoms with E-state index in [1.807, 2.05) is 0 Å². The average molecular weight is 612 g/mol. The maximum atomic E-state index is 14.7. The lowest BCUT2D eigenvalue weighted by molar-refractivity contribution is -0.133. The molecule has 222 valence electrons. The van der Waals surface area contributed by atoms with Gasteiger partial charge in [0.05, 0.1) is 16.3 Å². The number of hydrogen-bond acceptors (Lipinski definition) is 7. The summed E-state index contributed by atoms with van der Waals surface area (Å²) in [4.78, 5) is 24.2. The molecule has 15 heteroatoms. The van der Waals surface area contributed by atoms with Gasteiger partial charge in [-0.3, -0.25) is 9.48 Å². The van der Waals surface area contributed by atoms with Crippen LogP contribution in [0.1, 0.15) is 71.8 Å². The summed E-state index contributed by atoms with van der Waals surface area (Å²) in [5.41, 5.74) is -0.881. The minimum atomic E-state index is -3.05. The van der Waals surface area contributed by atoms with Crippen molar-refractivity contribution in [2.75, 3.05) is 19.7 Å². The quantitative estimate of drug-likeness (QED) is 0.227. The summed E-state index contributed by atoms with van der Waals surface area (Å²) >= 11 is 1.38. The molecule has 1 aromatic carbocycles. The second kappa shape index (κ2) is 12.4. The van der Waals surface area contributed by atoms with Crippen molar-refractivity contribution in [3.8, 4) is 18.1 Å². The third kappa shape index (κ3) is 6.23. The number of amides is 1. The van der Waals surface area contributed by atoms with Gasteiger partial charge in [0.15, 0.2) is 6.10 Å². The molecule has 0 N–H and O–H groups in total. The smallest absolute Gasteiger partial charge is 0.282 e. The molecule has 0 spiro atoms. The van der Waals surface area contributed by atoms with E-state index in [0.717, 1.165) is 17.1 Å². The van der Waals surface area contributed by atoms with Crippen LogP contribution in [-0.4, -0.2) is 51.0 Å². The van der Waals surface area contributed by atoms with Gasteiger partial charge in [0, 0.05) is 42.9 Å². The highest BCUT2D eigenvalue weighted by Crippen LogP contribution is 2.36. The number of benzene rings is 1. The van der Waals surface area contributed by atoms with Gasteiger partial charge in [-0.2, -0.15) is 5.10 Å². The zero-order valence-corrected chi connectivity index (χ0v) is 22.6. The second-order valence-corrected chi connectivity index (χ2v) is 10.5. The fourth-order valence-electron chi connectivity index (χ4n) is 4.83. The molecule has 4 heterocycles. The lowest BCUT2D eigenvalue weighted by Gasteiger charge is -2.31. The monoisotopic (exact) mass is 611 g/mol. The summed E-state index contributed by atoms with van der Waals surface area (Å²) in [6, 6.07) is 2.67. The third-order valence-corrected chi connectivity index (χ3v) is 7.95. The first kappa shape index (κ1) is 29.4. The fraction of sp³-hybridized carbons (Fsp3) is 0.407. The first-order valence-corrected chi connectivity index (χ1v) is 13.7. The predicted molar refractivity (Wildman–Crippen MR) is 138 cm³/mol. The topological polar surface area (TPSA) is 81.8 Å². The summed E-state index contributed by atoms with van der Waals surface area (Å²) in [6.07, 6.45) is -0.790. The number of piperidine rings is 1. The first-order chi connectivity index (χ1) is 20.1. The van der Waals surface area contributed by atoms with E-state index >= 15 is 0 Å². The fourth-order valence-corrected chi connectivity index (χ4v) is 5.83. The zero-order valence-electron chi connectivity index (χ0n) is 21.8. The predicted octanol–water partition coefficient (Wildman–Crippen LogP) is 5.78. The number of carbonyl (C=O) groups is 1. The van der Waals surface area contributed by atoms with Crippen molar-refractivity contribution in [2.45, 2.75) is 50.7 Å². The van der Waals surface area contributed by atoms with Crippen LogP contribution in [0.15, 0.2) is 28.7 Å². The number of hydrogen-bond donors (Lipinski definition) is 0. The summed E-state index contributed by atoms with van der Waals surface area (Å²) < 4.78 is 87.4. The van der Waals surface area contributed by atoms with Gasteiger partial charge < -0.3 is 14.5 Å². The van der Waals surface area contributed by atoms with Crippen molar-refractivity contribution in [1.29, 1.82) is 0 Å². The van der Waals surface area contributed by atoms with Crippen molar-refractivity contribution < 1.29 is 40.7 Å². The number of halogens is 6. The number of ether oxygens (including phenoxy) is 1. The lowest BCUT2D eigenvalue weighted by atomic mass is 9.97. The van der Waals surface area contributed by atoms with Crippen molar-refractivity contribution in [1.82, 2.24) is 19.7 Å². The Morgan fingerprint density at radius 3 is 2.50 bits per heavy atom. The SMILES string of the molecule is C#CCOc1cc(F)c(C2CC(c3csc(C4CCN(C(=O)Cn5nc(C(F)F)cc5C(F)F)CC4)n3)=NO2)c(F)c1. The molecular weight excluding hydrogens is 588 g/mol. The van der Waals surface area contributed by atoms with Gasteiger partial charge >= 0.3 is 0 Å². The number of nitrogens with zero attached hydrogens (tertiary/aromatic N) is 5. The van der Waals surface area contributed by atoms with Gasteiger partial charge in [-0.05, 0) is 18.9 Å². The molecule has 0 bridgehead atoms. The molecule has 1 unspecified atom stereocenters. The van der Waals surface area contributed by atoms with E-state index in [1.54, 1.807) is 5.38 Å². The molecule has 2 aliphatic rings. The molecule has 1 saturated heterocycles. The lowest BCUT2D eigenvalue weighted by Crippen LogP contribution is -2.40. The Morgan fingerprint density at radius 1 is 1.14 bits per heavy atom. The highest BCUT2D eigenvalue weighted by atomic mass is 32.1. The van der Waals surface area contributed by atoms with E-state index in [-0.39, 0.29) is 30.3 Å². The Hall–Kier alpha value is -4.06.